The Balaban J connectivity index is 1.47. The molecule has 1 aliphatic rings. The van der Waals surface area contributed by atoms with Gasteiger partial charge in [0.2, 0.25) is 11.8 Å². The van der Waals surface area contributed by atoms with Crippen LogP contribution in [0.2, 0.25) is 0 Å². The molecule has 4 rings (SSSR count). The number of nitrogens with two attached hydrogens (primary N) is 1. The molecule has 0 spiro atoms. The molecule has 180 valence electrons. The number of fused-ring (bicyclic) bond motifs is 1. The molecule has 1 aliphatic carbocycles. The van der Waals surface area contributed by atoms with E-state index in [1.165, 1.54) is 21.1 Å². The van der Waals surface area contributed by atoms with Gasteiger partial charge in [-0.2, -0.15) is 15.1 Å². The van der Waals surface area contributed by atoms with Crippen LogP contribution in [-0.4, -0.2) is 52.4 Å². The number of carbonyl (C=O) groups excluding carboxylic acids is 1. The van der Waals surface area contributed by atoms with E-state index in [1.807, 2.05) is 6.20 Å². The molecule has 3 N–H and O–H groups in total. The van der Waals surface area contributed by atoms with Crippen molar-refractivity contribution in [2.45, 2.75) is 19.4 Å². The average Bonchev–Trinajstić information content (AvgIpc) is 3.46. The summed E-state index contributed by atoms with van der Waals surface area (Å²) >= 11 is 0. The highest BCUT2D eigenvalue weighted by Crippen LogP contribution is 2.48. The summed E-state index contributed by atoms with van der Waals surface area (Å²) in [5, 5.41) is 2.64. The molecule has 1 aromatic carbocycles. The fourth-order valence-corrected chi connectivity index (χ4v) is 4.77. The van der Waals surface area contributed by atoms with Gasteiger partial charge in [-0.25, -0.2) is 9.55 Å². The number of aromatic nitrogens is 4. The number of nitrogens with one attached hydrogen (secondary N) is 1. The maximum atomic E-state index is 13.4. The van der Waals surface area contributed by atoms with Crippen molar-refractivity contribution >= 4 is 37.0 Å². The number of methoxy groups -OCH3 is 2. The second-order valence-electron chi connectivity index (χ2n) is 7.59. The lowest BCUT2D eigenvalue weighted by Crippen LogP contribution is -2.34. The minimum absolute atomic E-state index is 0.00135. The third-order valence-corrected chi connectivity index (χ3v) is 6.72. The molecule has 34 heavy (non-hydrogen) atoms. The summed E-state index contributed by atoms with van der Waals surface area (Å²) in [6, 6.07) is 7.69. The number of imidazole rings is 1. The molecule has 2 heterocycles. The number of ether oxygens (including phenoxy) is 2. The van der Waals surface area contributed by atoms with Gasteiger partial charge >= 0.3 is 13.7 Å². The summed E-state index contributed by atoms with van der Waals surface area (Å²) in [6.07, 6.45) is 4.17. The van der Waals surface area contributed by atoms with Crippen molar-refractivity contribution < 1.29 is 27.9 Å². The van der Waals surface area contributed by atoms with Crippen molar-refractivity contribution in [2.24, 2.45) is 5.92 Å². The SMILES string of the molecule is COC(=O)[C@H](C)NP(=O)(OC[C@H]1C/C1=C/n1cnc2c(OC)nc(N)nc21)Oc1ccccc1. The van der Waals surface area contributed by atoms with Crippen molar-refractivity contribution in [1.29, 1.82) is 0 Å². The Morgan fingerprint density at radius 3 is 2.79 bits per heavy atom. The van der Waals surface area contributed by atoms with E-state index in [4.69, 9.17) is 24.3 Å². The summed E-state index contributed by atoms with van der Waals surface area (Å²) in [7, 11) is -1.15. The van der Waals surface area contributed by atoms with Crippen LogP contribution in [0.3, 0.4) is 0 Å². The smallest absolute Gasteiger partial charge is 0.459 e. The van der Waals surface area contributed by atoms with Crippen LogP contribution < -0.4 is 20.1 Å². The van der Waals surface area contributed by atoms with E-state index < -0.39 is 19.8 Å². The molecule has 3 aromatic rings. The fourth-order valence-electron chi connectivity index (χ4n) is 3.24. The first-order chi connectivity index (χ1) is 16.3. The predicted octanol–water partition coefficient (Wildman–Crippen LogP) is 2.63. The van der Waals surface area contributed by atoms with Crippen molar-refractivity contribution in [3.8, 4) is 11.6 Å². The first kappa shape index (κ1) is 23.7. The van der Waals surface area contributed by atoms with Gasteiger partial charge < -0.3 is 19.7 Å². The van der Waals surface area contributed by atoms with E-state index in [0.29, 0.717) is 22.8 Å². The van der Waals surface area contributed by atoms with E-state index in [1.54, 1.807) is 41.2 Å². The highest BCUT2D eigenvalue weighted by Gasteiger charge is 2.37. The maximum Gasteiger partial charge on any atom is 0.459 e. The zero-order valence-corrected chi connectivity index (χ0v) is 19.8. The Hall–Kier alpha value is -3.47. The molecule has 0 amide bonds. The average molecular weight is 488 g/mol. The van der Waals surface area contributed by atoms with Crippen LogP contribution in [0.25, 0.3) is 17.4 Å². The van der Waals surface area contributed by atoms with Gasteiger partial charge in [0, 0.05) is 12.1 Å². The van der Waals surface area contributed by atoms with E-state index in [-0.39, 0.29) is 18.5 Å². The molecule has 12 nitrogen and oxygen atoms in total. The van der Waals surface area contributed by atoms with Crippen LogP contribution in [0.15, 0.2) is 42.2 Å². The van der Waals surface area contributed by atoms with Crippen LogP contribution in [0.4, 0.5) is 5.95 Å². The van der Waals surface area contributed by atoms with Crippen LogP contribution in [0.1, 0.15) is 13.3 Å². The molecule has 2 aromatic heterocycles. The normalized spacial score (nSPS) is 18.9. The van der Waals surface area contributed by atoms with Gasteiger partial charge in [-0.1, -0.05) is 18.2 Å². The number of benzene rings is 1. The Bertz CT molecular complexity index is 1260. The molecule has 1 fully saturated rings. The van der Waals surface area contributed by atoms with Crippen LogP contribution in [0, 0.1) is 5.92 Å². The number of anilines is 1. The van der Waals surface area contributed by atoms with E-state index in [0.717, 1.165) is 12.0 Å². The summed E-state index contributed by atoms with van der Waals surface area (Å²) in [5.41, 5.74) is 7.79. The molecule has 0 radical (unpaired) electrons. The van der Waals surface area contributed by atoms with Gasteiger partial charge in [-0.3, -0.25) is 13.9 Å². The monoisotopic (exact) mass is 488 g/mol. The lowest BCUT2D eigenvalue weighted by atomic mass is 10.3. The number of hydrogen-bond acceptors (Lipinski definition) is 10. The molecule has 0 aliphatic heterocycles. The highest BCUT2D eigenvalue weighted by atomic mass is 31.2. The number of esters is 1. The first-order valence-electron chi connectivity index (χ1n) is 10.4. The van der Waals surface area contributed by atoms with Crippen molar-refractivity contribution in [1.82, 2.24) is 24.6 Å². The van der Waals surface area contributed by atoms with Gasteiger partial charge in [0.15, 0.2) is 11.2 Å². The lowest BCUT2D eigenvalue weighted by Gasteiger charge is -2.22. The summed E-state index contributed by atoms with van der Waals surface area (Å²) in [5.74, 6) is 0.126. The zero-order chi connectivity index (χ0) is 24.3. The lowest BCUT2D eigenvalue weighted by molar-refractivity contribution is -0.142. The third-order valence-electron chi connectivity index (χ3n) is 5.07. The fraction of sp³-hybridized carbons (Fsp3) is 0.333. The standard InChI is InChI=1S/C21H25N6O6P/c1-13(20(28)31-3)26-34(29,33-16-7-5-4-6-8-16)32-11-15-9-14(15)10-27-12-23-17-18(27)24-21(22)25-19(17)30-2/h4-8,10,12-13,15H,9,11H2,1-3H3,(H,26,29)(H2,22,24,25)/b14-10-/t13-,15+,34?/m0/s1. The minimum Gasteiger partial charge on any atom is -0.479 e. The van der Waals surface area contributed by atoms with Crippen molar-refractivity contribution in [2.75, 3.05) is 26.6 Å². The topological polar surface area (TPSA) is 153 Å². The van der Waals surface area contributed by atoms with Gasteiger partial charge in [-0.15, -0.1) is 0 Å². The maximum absolute atomic E-state index is 13.4. The number of nitrogen functional groups attached to an aromatic ring is 1. The van der Waals surface area contributed by atoms with Gasteiger partial charge in [0.05, 0.1) is 20.8 Å². The number of nitrogens with zero attached hydrogens (tertiary/aromatic N) is 4. The van der Waals surface area contributed by atoms with Gasteiger partial charge in [0.25, 0.3) is 0 Å². The Morgan fingerprint density at radius 2 is 2.09 bits per heavy atom. The molecule has 3 atom stereocenters. The molecule has 0 saturated heterocycles. The Morgan fingerprint density at radius 1 is 1.32 bits per heavy atom. The van der Waals surface area contributed by atoms with Crippen molar-refractivity contribution in [3.05, 3.63) is 42.2 Å². The first-order valence-corrected chi connectivity index (χ1v) is 12.0. The molecule has 13 heteroatoms. The predicted molar refractivity (Wildman–Crippen MR) is 124 cm³/mol. The number of hydrogen-bond donors (Lipinski definition) is 2. The van der Waals surface area contributed by atoms with E-state index in [9.17, 15) is 9.36 Å². The van der Waals surface area contributed by atoms with Crippen LogP contribution in [0.5, 0.6) is 11.6 Å². The van der Waals surface area contributed by atoms with Crippen LogP contribution in [-0.2, 0) is 18.6 Å². The number of rotatable bonds is 10. The molecular weight excluding hydrogens is 463 g/mol. The summed E-state index contributed by atoms with van der Waals surface area (Å²) in [4.78, 5) is 24.4. The quantitative estimate of drug-likeness (QED) is 0.320. The molecule has 1 saturated carbocycles. The molecular formula is C21H25N6O6P. The minimum atomic E-state index is -3.88. The zero-order valence-electron chi connectivity index (χ0n) is 18.9. The van der Waals surface area contributed by atoms with Crippen molar-refractivity contribution in [3.63, 3.8) is 0 Å². The number of para-hydroxylation sites is 1. The summed E-state index contributed by atoms with van der Waals surface area (Å²) in [6.45, 7) is 1.63. The van der Waals surface area contributed by atoms with Gasteiger partial charge in [0.1, 0.15) is 18.1 Å². The largest absolute Gasteiger partial charge is 0.479 e. The van der Waals surface area contributed by atoms with E-state index >= 15 is 0 Å². The Labute approximate surface area is 195 Å². The summed E-state index contributed by atoms with van der Waals surface area (Å²) < 4.78 is 36.4. The second kappa shape index (κ2) is 9.80. The van der Waals surface area contributed by atoms with Crippen LogP contribution >= 0.6 is 7.75 Å². The molecule has 0 bridgehead atoms. The molecule has 1 unspecified atom stereocenters. The third kappa shape index (κ3) is 5.36. The Kier molecular flexibility index (Phi) is 6.82. The van der Waals surface area contributed by atoms with E-state index in [2.05, 4.69) is 20.0 Å². The number of carbonyl (C=O) groups is 1. The van der Waals surface area contributed by atoms with Gasteiger partial charge in [-0.05, 0) is 31.1 Å². The highest BCUT2D eigenvalue weighted by molar-refractivity contribution is 7.52. The second-order valence-corrected chi connectivity index (χ2v) is 9.29.